The van der Waals surface area contributed by atoms with Crippen LogP contribution in [0.1, 0.15) is 50.0 Å². The van der Waals surface area contributed by atoms with Crippen LogP contribution in [0.5, 0.6) is 0 Å². The summed E-state index contributed by atoms with van der Waals surface area (Å²) in [4.78, 5) is 0. The van der Waals surface area contributed by atoms with Crippen molar-refractivity contribution >= 4 is 0 Å². The second kappa shape index (κ2) is 4.98. The van der Waals surface area contributed by atoms with Crippen LogP contribution in [0.2, 0.25) is 0 Å². The normalized spacial score (nSPS) is 24.5. The SMILES string of the molecule is CCC(CC)C1NCC(O)c2ccccc21. The highest BCUT2D eigenvalue weighted by molar-refractivity contribution is 5.34. The van der Waals surface area contributed by atoms with Crippen LogP contribution >= 0.6 is 0 Å². The average Bonchev–Trinajstić information content (AvgIpc) is 2.34. The van der Waals surface area contributed by atoms with Gasteiger partial charge in [-0.3, -0.25) is 0 Å². The number of aliphatic hydroxyl groups is 1. The lowest BCUT2D eigenvalue weighted by Gasteiger charge is -2.34. The van der Waals surface area contributed by atoms with Crippen molar-refractivity contribution in [1.82, 2.24) is 5.32 Å². The molecule has 1 aliphatic rings. The van der Waals surface area contributed by atoms with Crippen molar-refractivity contribution in [3.05, 3.63) is 35.4 Å². The molecule has 0 saturated heterocycles. The molecule has 0 amide bonds. The second-order valence-corrected chi connectivity index (χ2v) is 4.61. The molecule has 2 unspecified atom stereocenters. The van der Waals surface area contributed by atoms with Crippen molar-refractivity contribution in [1.29, 1.82) is 0 Å². The summed E-state index contributed by atoms with van der Waals surface area (Å²) in [6.07, 6.45) is 2.01. The summed E-state index contributed by atoms with van der Waals surface area (Å²) in [5.41, 5.74) is 2.40. The minimum atomic E-state index is -0.346. The molecule has 0 aliphatic carbocycles. The predicted molar refractivity (Wildman–Crippen MR) is 66.2 cm³/mol. The van der Waals surface area contributed by atoms with Crippen LogP contribution in [0.15, 0.2) is 24.3 Å². The van der Waals surface area contributed by atoms with Gasteiger partial charge in [-0.25, -0.2) is 0 Å². The number of fused-ring (bicyclic) bond motifs is 1. The van der Waals surface area contributed by atoms with Gasteiger partial charge in [0.05, 0.1) is 6.10 Å². The number of β-amino-alcohol motifs (C(OH)–C–C–N with tert-alkyl or cyclic N) is 1. The Morgan fingerprint density at radius 1 is 1.25 bits per heavy atom. The first-order valence-electron chi connectivity index (χ1n) is 6.28. The Kier molecular flexibility index (Phi) is 3.62. The Balaban J connectivity index is 2.34. The van der Waals surface area contributed by atoms with Crippen molar-refractivity contribution in [2.45, 2.75) is 38.8 Å². The quantitative estimate of drug-likeness (QED) is 0.819. The molecule has 0 aromatic heterocycles. The summed E-state index contributed by atoms with van der Waals surface area (Å²) >= 11 is 0. The highest BCUT2D eigenvalue weighted by Gasteiger charge is 2.28. The molecule has 2 rings (SSSR count). The molecule has 2 atom stereocenters. The molecule has 2 N–H and O–H groups in total. The van der Waals surface area contributed by atoms with Gasteiger partial charge in [0.1, 0.15) is 0 Å². The van der Waals surface area contributed by atoms with Gasteiger partial charge in [0.2, 0.25) is 0 Å². The van der Waals surface area contributed by atoms with E-state index < -0.39 is 0 Å². The molecule has 88 valence electrons. The standard InChI is InChI=1S/C14H21NO/c1-3-10(4-2)14-12-8-6-5-7-11(12)13(16)9-15-14/h5-8,10,13-16H,3-4,9H2,1-2H3. The summed E-state index contributed by atoms with van der Waals surface area (Å²) < 4.78 is 0. The molecule has 1 aromatic carbocycles. The monoisotopic (exact) mass is 219 g/mol. The number of rotatable bonds is 3. The van der Waals surface area contributed by atoms with E-state index in [1.54, 1.807) is 0 Å². The van der Waals surface area contributed by atoms with Crippen LogP contribution < -0.4 is 5.32 Å². The maximum Gasteiger partial charge on any atom is 0.0917 e. The van der Waals surface area contributed by atoms with Crippen molar-refractivity contribution in [3.63, 3.8) is 0 Å². The van der Waals surface area contributed by atoms with Gasteiger partial charge in [-0.2, -0.15) is 0 Å². The molecule has 0 saturated carbocycles. The van der Waals surface area contributed by atoms with E-state index in [1.165, 1.54) is 18.4 Å². The third kappa shape index (κ3) is 2.00. The summed E-state index contributed by atoms with van der Waals surface area (Å²) in [6.45, 7) is 5.16. The third-order valence-corrected chi connectivity index (χ3v) is 3.74. The fourth-order valence-electron chi connectivity index (χ4n) is 2.74. The molecule has 0 bridgehead atoms. The zero-order chi connectivity index (χ0) is 11.5. The van der Waals surface area contributed by atoms with Crippen molar-refractivity contribution in [2.24, 2.45) is 5.92 Å². The minimum absolute atomic E-state index is 0.346. The van der Waals surface area contributed by atoms with Crippen molar-refractivity contribution < 1.29 is 5.11 Å². The molecular weight excluding hydrogens is 198 g/mol. The zero-order valence-corrected chi connectivity index (χ0v) is 10.1. The van der Waals surface area contributed by atoms with Gasteiger partial charge in [0.25, 0.3) is 0 Å². The number of hydrogen-bond acceptors (Lipinski definition) is 2. The molecule has 2 nitrogen and oxygen atoms in total. The minimum Gasteiger partial charge on any atom is -0.387 e. The largest absolute Gasteiger partial charge is 0.387 e. The summed E-state index contributed by atoms with van der Waals surface area (Å²) in [5, 5.41) is 13.4. The topological polar surface area (TPSA) is 32.3 Å². The van der Waals surface area contributed by atoms with Gasteiger partial charge < -0.3 is 10.4 Å². The maximum atomic E-state index is 9.94. The Labute approximate surface area is 97.7 Å². The molecule has 16 heavy (non-hydrogen) atoms. The van der Waals surface area contributed by atoms with Gasteiger partial charge in [-0.15, -0.1) is 0 Å². The fraction of sp³-hybridized carbons (Fsp3) is 0.571. The lowest BCUT2D eigenvalue weighted by molar-refractivity contribution is 0.145. The van der Waals surface area contributed by atoms with Crippen LogP contribution in [0, 0.1) is 5.92 Å². The number of aliphatic hydroxyl groups excluding tert-OH is 1. The van der Waals surface area contributed by atoms with Crippen molar-refractivity contribution in [2.75, 3.05) is 6.54 Å². The van der Waals surface area contributed by atoms with Crippen molar-refractivity contribution in [3.8, 4) is 0 Å². The molecule has 2 heteroatoms. The molecule has 0 spiro atoms. The number of hydrogen-bond donors (Lipinski definition) is 2. The zero-order valence-electron chi connectivity index (χ0n) is 10.1. The van der Waals surface area contributed by atoms with E-state index in [2.05, 4.69) is 37.4 Å². The van der Waals surface area contributed by atoms with Crippen LogP contribution in [0.3, 0.4) is 0 Å². The lowest BCUT2D eigenvalue weighted by Crippen LogP contribution is -2.36. The predicted octanol–water partition coefficient (Wildman–Crippen LogP) is 2.80. The summed E-state index contributed by atoms with van der Waals surface area (Å²) in [6, 6.07) is 8.68. The maximum absolute atomic E-state index is 9.94. The molecule has 1 heterocycles. The van der Waals surface area contributed by atoms with E-state index in [9.17, 15) is 5.11 Å². The Morgan fingerprint density at radius 2 is 1.88 bits per heavy atom. The Bertz CT molecular complexity index is 346. The number of nitrogens with one attached hydrogen (secondary N) is 1. The van der Waals surface area contributed by atoms with Crippen LogP contribution in [-0.4, -0.2) is 11.7 Å². The second-order valence-electron chi connectivity index (χ2n) is 4.61. The summed E-state index contributed by atoms with van der Waals surface area (Å²) in [5.74, 6) is 0.661. The van der Waals surface area contributed by atoms with E-state index in [0.717, 1.165) is 5.56 Å². The van der Waals surface area contributed by atoms with Gasteiger partial charge in [-0.1, -0.05) is 51.0 Å². The van der Waals surface area contributed by atoms with E-state index in [-0.39, 0.29) is 6.10 Å². The third-order valence-electron chi connectivity index (χ3n) is 3.74. The summed E-state index contributed by atoms with van der Waals surface area (Å²) in [7, 11) is 0. The highest BCUT2D eigenvalue weighted by Crippen LogP contribution is 2.35. The van der Waals surface area contributed by atoms with E-state index in [0.29, 0.717) is 18.5 Å². The van der Waals surface area contributed by atoms with Gasteiger partial charge in [0, 0.05) is 12.6 Å². The molecule has 1 aliphatic heterocycles. The first-order chi connectivity index (χ1) is 7.77. The van der Waals surface area contributed by atoms with Crippen LogP contribution in [0.25, 0.3) is 0 Å². The first kappa shape index (κ1) is 11.6. The van der Waals surface area contributed by atoms with E-state index in [1.807, 2.05) is 6.07 Å². The molecule has 0 radical (unpaired) electrons. The lowest BCUT2D eigenvalue weighted by atomic mass is 9.83. The smallest absolute Gasteiger partial charge is 0.0917 e. The number of benzene rings is 1. The van der Waals surface area contributed by atoms with Crippen LogP contribution in [0.4, 0.5) is 0 Å². The van der Waals surface area contributed by atoms with Gasteiger partial charge in [0.15, 0.2) is 0 Å². The van der Waals surface area contributed by atoms with E-state index >= 15 is 0 Å². The molecular formula is C14H21NO. The molecule has 0 fully saturated rings. The van der Waals surface area contributed by atoms with Crippen LogP contribution in [-0.2, 0) is 0 Å². The fourth-order valence-corrected chi connectivity index (χ4v) is 2.74. The van der Waals surface area contributed by atoms with Gasteiger partial charge in [-0.05, 0) is 17.0 Å². The Hall–Kier alpha value is -0.860. The van der Waals surface area contributed by atoms with E-state index in [4.69, 9.17) is 0 Å². The van der Waals surface area contributed by atoms with Gasteiger partial charge >= 0.3 is 0 Å². The Morgan fingerprint density at radius 3 is 2.50 bits per heavy atom. The molecule has 1 aromatic rings. The highest BCUT2D eigenvalue weighted by atomic mass is 16.3. The first-order valence-corrected chi connectivity index (χ1v) is 6.28. The average molecular weight is 219 g/mol.